The quantitative estimate of drug-likeness (QED) is 0.302. The van der Waals surface area contributed by atoms with E-state index in [-0.39, 0.29) is 24.4 Å². The number of hydrogen-bond donors (Lipinski definition) is 5. The van der Waals surface area contributed by atoms with Crippen molar-refractivity contribution in [2.24, 2.45) is 5.92 Å². The summed E-state index contributed by atoms with van der Waals surface area (Å²) in [6, 6.07) is -0.945. The van der Waals surface area contributed by atoms with Crippen molar-refractivity contribution in [3.8, 4) is 0 Å². The average molecular weight is 300 g/mol. The van der Waals surface area contributed by atoms with E-state index in [0.717, 1.165) is 19.4 Å². The fourth-order valence-electron chi connectivity index (χ4n) is 2.21. The number of carbonyl (C=O) groups excluding carboxylic acids is 3. The Balaban J connectivity index is 2.55. The van der Waals surface area contributed by atoms with Crippen LogP contribution in [0.4, 0.5) is 0 Å². The van der Waals surface area contributed by atoms with Crippen molar-refractivity contribution < 1.29 is 19.6 Å². The van der Waals surface area contributed by atoms with Crippen molar-refractivity contribution in [2.75, 3.05) is 13.1 Å². The maximum absolute atomic E-state index is 12.1. The van der Waals surface area contributed by atoms with Gasteiger partial charge in [0.25, 0.3) is 5.91 Å². The van der Waals surface area contributed by atoms with Gasteiger partial charge in [0.15, 0.2) is 0 Å². The number of carbonyl (C=O) groups is 3. The zero-order valence-electron chi connectivity index (χ0n) is 12.4. The van der Waals surface area contributed by atoms with Gasteiger partial charge in [0.1, 0.15) is 6.04 Å². The second-order valence-corrected chi connectivity index (χ2v) is 5.59. The van der Waals surface area contributed by atoms with Crippen LogP contribution in [0.3, 0.4) is 0 Å². The molecule has 8 heteroatoms. The van der Waals surface area contributed by atoms with Gasteiger partial charge in [-0.1, -0.05) is 13.8 Å². The molecule has 0 spiro atoms. The number of amides is 3. The molecule has 0 aromatic heterocycles. The number of hydroxylamine groups is 1. The van der Waals surface area contributed by atoms with E-state index in [1.165, 1.54) is 5.48 Å². The standard InChI is InChI=1S/C13H24N4O4/c1-8(2)6-10(12(19)15-7-11(18)17-21)16-13(20)9-4-3-5-14-9/h8-10,14,21H,3-7H2,1-2H3,(H,15,19)(H,16,20)(H,17,18)/t9-,10-/m0/s1. The van der Waals surface area contributed by atoms with Gasteiger partial charge in [0.2, 0.25) is 11.8 Å². The summed E-state index contributed by atoms with van der Waals surface area (Å²) < 4.78 is 0. The van der Waals surface area contributed by atoms with E-state index in [0.29, 0.717) is 6.42 Å². The van der Waals surface area contributed by atoms with Crippen molar-refractivity contribution in [3.63, 3.8) is 0 Å². The highest BCUT2D eigenvalue weighted by Crippen LogP contribution is 2.08. The molecule has 0 bridgehead atoms. The number of nitrogens with one attached hydrogen (secondary N) is 4. The number of hydrogen-bond acceptors (Lipinski definition) is 5. The molecule has 3 amide bonds. The topological polar surface area (TPSA) is 120 Å². The maximum atomic E-state index is 12.1. The van der Waals surface area contributed by atoms with Gasteiger partial charge in [0, 0.05) is 0 Å². The van der Waals surface area contributed by atoms with Gasteiger partial charge in [-0.05, 0) is 31.7 Å². The van der Waals surface area contributed by atoms with Crippen LogP contribution in [0.25, 0.3) is 0 Å². The lowest BCUT2D eigenvalue weighted by Crippen LogP contribution is -2.52. The van der Waals surface area contributed by atoms with E-state index in [1.54, 1.807) is 0 Å². The van der Waals surface area contributed by atoms with E-state index in [1.807, 2.05) is 13.8 Å². The molecule has 21 heavy (non-hydrogen) atoms. The third-order valence-corrected chi connectivity index (χ3v) is 3.26. The zero-order chi connectivity index (χ0) is 15.8. The molecule has 0 aliphatic carbocycles. The first-order chi connectivity index (χ1) is 9.93. The van der Waals surface area contributed by atoms with Crippen LogP contribution in [0.15, 0.2) is 0 Å². The Morgan fingerprint density at radius 1 is 1.33 bits per heavy atom. The molecular formula is C13H24N4O4. The van der Waals surface area contributed by atoms with Gasteiger partial charge >= 0.3 is 0 Å². The molecule has 0 saturated carbocycles. The Morgan fingerprint density at radius 2 is 2.05 bits per heavy atom. The third kappa shape index (κ3) is 6.09. The second kappa shape index (κ2) is 8.58. The smallest absolute Gasteiger partial charge is 0.262 e. The third-order valence-electron chi connectivity index (χ3n) is 3.26. The van der Waals surface area contributed by atoms with Gasteiger partial charge in [-0.2, -0.15) is 0 Å². The minimum Gasteiger partial charge on any atom is -0.345 e. The van der Waals surface area contributed by atoms with Crippen LogP contribution < -0.4 is 21.4 Å². The van der Waals surface area contributed by atoms with Crippen LogP contribution in [0, 0.1) is 5.92 Å². The summed E-state index contributed by atoms with van der Waals surface area (Å²) in [7, 11) is 0. The van der Waals surface area contributed by atoms with Gasteiger partial charge in [-0.15, -0.1) is 0 Å². The van der Waals surface area contributed by atoms with E-state index < -0.39 is 17.9 Å². The first-order valence-corrected chi connectivity index (χ1v) is 7.18. The van der Waals surface area contributed by atoms with E-state index in [9.17, 15) is 14.4 Å². The van der Waals surface area contributed by atoms with Crippen LogP contribution >= 0.6 is 0 Å². The molecule has 1 fully saturated rings. The maximum Gasteiger partial charge on any atom is 0.262 e. The van der Waals surface area contributed by atoms with Crippen molar-refractivity contribution in [3.05, 3.63) is 0 Å². The Kier molecular flexibility index (Phi) is 7.10. The summed E-state index contributed by atoms with van der Waals surface area (Å²) in [6.45, 7) is 4.36. The monoisotopic (exact) mass is 300 g/mol. The summed E-state index contributed by atoms with van der Waals surface area (Å²) in [5.41, 5.74) is 1.43. The fourth-order valence-corrected chi connectivity index (χ4v) is 2.21. The summed E-state index contributed by atoms with van der Waals surface area (Å²) in [5.74, 6) is -1.13. The first-order valence-electron chi connectivity index (χ1n) is 7.18. The molecule has 0 aromatic rings. The van der Waals surface area contributed by atoms with Crippen molar-refractivity contribution >= 4 is 17.7 Å². The SMILES string of the molecule is CC(C)C[C@H](NC(=O)[C@@H]1CCCN1)C(=O)NCC(=O)NO. The molecule has 1 rings (SSSR count). The summed E-state index contributed by atoms with van der Waals surface area (Å²) >= 11 is 0. The molecule has 5 N–H and O–H groups in total. The lowest BCUT2D eigenvalue weighted by molar-refractivity contribution is -0.133. The van der Waals surface area contributed by atoms with Gasteiger partial charge in [-0.3, -0.25) is 19.6 Å². The minimum atomic E-state index is -0.713. The predicted octanol–water partition coefficient (Wildman–Crippen LogP) is -1.11. The fraction of sp³-hybridized carbons (Fsp3) is 0.769. The summed E-state index contributed by atoms with van der Waals surface area (Å²) in [5, 5.41) is 16.6. The zero-order valence-corrected chi connectivity index (χ0v) is 12.4. The van der Waals surface area contributed by atoms with Crippen LogP contribution in [-0.2, 0) is 14.4 Å². The molecule has 0 unspecified atom stereocenters. The highest BCUT2D eigenvalue weighted by atomic mass is 16.5. The van der Waals surface area contributed by atoms with Crippen molar-refractivity contribution in [2.45, 2.75) is 45.2 Å². The average Bonchev–Trinajstić information content (AvgIpc) is 2.97. The van der Waals surface area contributed by atoms with Crippen molar-refractivity contribution in [1.29, 1.82) is 0 Å². The van der Waals surface area contributed by atoms with Gasteiger partial charge in [0.05, 0.1) is 12.6 Å². The molecule has 1 saturated heterocycles. The predicted molar refractivity (Wildman–Crippen MR) is 75.3 cm³/mol. The lowest BCUT2D eigenvalue weighted by atomic mass is 10.0. The Hall–Kier alpha value is -1.67. The molecule has 0 radical (unpaired) electrons. The molecule has 2 atom stereocenters. The van der Waals surface area contributed by atoms with Gasteiger partial charge in [-0.25, -0.2) is 5.48 Å². The molecule has 1 heterocycles. The van der Waals surface area contributed by atoms with E-state index in [4.69, 9.17) is 5.21 Å². The Morgan fingerprint density at radius 3 is 2.57 bits per heavy atom. The molecule has 1 aliphatic heterocycles. The normalized spacial score (nSPS) is 19.1. The van der Waals surface area contributed by atoms with Crippen molar-refractivity contribution in [1.82, 2.24) is 21.4 Å². The highest BCUT2D eigenvalue weighted by molar-refractivity contribution is 5.91. The first kappa shape index (κ1) is 17.4. The minimum absolute atomic E-state index is 0.195. The number of rotatable bonds is 7. The van der Waals surface area contributed by atoms with E-state index in [2.05, 4.69) is 16.0 Å². The summed E-state index contributed by atoms with van der Waals surface area (Å²) in [4.78, 5) is 35.0. The van der Waals surface area contributed by atoms with E-state index >= 15 is 0 Å². The second-order valence-electron chi connectivity index (χ2n) is 5.59. The molecular weight excluding hydrogens is 276 g/mol. The van der Waals surface area contributed by atoms with Gasteiger partial charge < -0.3 is 16.0 Å². The Labute approximate surface area is 124 Å². The molecule has 120 valence electrons. The molecule has 1 aliphatic rings. The largest absolute Gasteiger partial charge is 0.345 e. The molecule has 0 aromatic carbocycles. The van der Waals surface area contributed by atoms with Crippen LogP contribution in [0.2, 0.25) is 0 Å². The highest BCUT2D eigenvalue weighted by Gasteiger charge is 2.27. The molecule has 8 nitrogen and oxygen atoms in total. The summed E-state index contributed by atoms with van der Waals surface area (Å²) in [6.07, 6.45) is 2.18. The lowest BCUT2D eigenvalue weighted by Gasteiger charge is -2.21. The van der Waals surface area contributed by atoms with Crippen LogP contribution in [-0.4, -0.2) is 48.1 Å². The Bertz CT molecular complexity index is 380. The van der Waals surface area contributed by atoms with Crippen LogP contribution in [0.5, 0.6) is 0 Å². The van der Waals surface area contributed by atoms with Crippen LogP contribution in [0.1, 0.15) is 33.1 Å².